The monoisotopic (exact) mass is 402 g/mol. The Kier molecular flexibility index (Phi) is 6.75. The molecule has 0 saturated heterocycles. The Morgan fingerprint density at radius 2 is 1.07 bits per heavy atom. The van der Waals surface area contributed by atoms with Crippen LogP contribution in [0.15, 0.2) is 78.9 Å². The summed E-state index contributed by atoms with van der Waals surface area (Å²) in [6, 6.07) is 23.1. The van der Waals surface area contributed by atoms with Gasteiger partial charge in [0.05, 0.1) is 25.3 Å². The molecule has 5 nitrogen and oxygen atoms in total. The fourth-order valence-corrected chi connectivity index (χ4v) is 3.29. The van der Waals surface area contributed by atoms with Crippen molar-refractivity contribution in [1.82, 2.24) is 0 Å². The molecule has 0 unspecified atom stereocenters. The Hall–Kier alpha value is -3.73. The SMILES string of the molecule is COC(=O)c1ccc(C(CC(=O)c2ccccc2)c2ccc(C(=O)OC)cc2)cc1. The number of hydrogen-bond donors (Lipinski definition) is 0. The van der Waals surface area contributed by atoms with Crippen LogP contribution in [0.25, 0.3) is 0 Å². The quantitative estimate of drug-likeness (QED) is 0.424. The van der Waals surface area contributed by atoms with E-state index in [1.807, 2.05) is 42.5 Å². The summed E-state index contributed by atoms with van der Waals surface area (Å²) < 4.78 is 9.51. The van der Waals surface area contributed by atoms with Crippen molar-refractivity contribution in [1.29, 1.82) is 0 Å². The van der Waals surface area contributed by atoms with E-state index < -0.39 is 11.9 Å². The topological polar surface area (TPSA) is 69.7 Å². The van der Waals surface area contributed by atoms with Crippen LogP contribution < -0.4 is 0 Å². The Labute approximate surface area is 175 Å². The average Bonchev–Trinajstić information content (AvgIpc) is 2.82. The molecule has 0 amide bonds. The van der Waals surface area contributed by atoms with E-state index in [1.54, 1.807) is 36.4 Å². The predicted molar refractivity (Wildman–Crippen MR) is 113 cm³/mol. The average molecular weight is 402 g/mol. The van der Waals surface area contributed by atoms with Gasteiger partial charge < -0.3 is 9.47 Å². The van der Waals surface area contributed by atoms with Gasteiger partial charge in [-0.05, 0) is 35.4 Å². The van der Waals surface area contributed by atoms with Crippen LogP contribution in [0.5, 0.6) is 0 Å². The number of carbonyl (C=O) groups excluding carboxylic acids is 3. The van der Waals surface area contributed by atoms with E-state index in [2.05, 4.69) is 0 Å². The van der Waals surface area contributed by atoms with Crippen LogP contribution in [-0.2, 0) is 9.47 Å². The van der Waals surface area contributed by atoms with Crippen molar-refractivity contribution >= 4 is 17.7 Å². The summed E-state index contributed by atoms with van der Waals surface area (Å²) in [5.74, 6) is -1.06. The van der Waals surface area contributed by atoms with E-state index in [-0.39, 0.29) is 18.1 Å². The lowest BCUT2D eigenvalue weighted by molar-refractivity contribution is 0.0592. The second kappa shape index (κ2) is 9.65. The highest BCUT2D eigenvalue weighted by Crippen LogP contribution is 2.30. The zero-order valence-electron chi connectivity index (χ0n) is 16.8. The number of methoxy groups -OCH3 is 2. The first-order valence-electron chi connectivity index (χ1n) is 9.48. The van der Waals surface area contributed by atoms with Crippen LogP contribution in [0.2, 0.25) is 0 Å². The van der Waals surface area contributed by atoms with Gasteiger partial charge in [-0.1, -0.05) is 54.6 Å². The number of rotatable bonds is 7. The van der Waals surface area contributed by atoms with E-state index in [9.17, 15) is 14.4 Å². The van der Waals surface area contributed by atoms with Crippen LogP contribution in [0.4, 0.5) is 0 Å². The normalized spacial score (nSPS) is 10.5. The van der Waals surface area contributed by atoms with Crippen molar-refractivity contribution in [2.24, 2.45) is 0 Å². The number of hydrogen-bond acceptors (Lipinski definition) is 5. The molecule has 0 aromatic heterocycles. The van der Waals surface area contributed by atoms with E-state index in [0.29, 0.717) is 16.7 Å². The Morgan fingerprint density at radius 3 is 1.47 bits per heavy atom. The lowest BCUT2D eigenvalue weighted by Crippen LogP contribution is -2.10. The third-order valence-corrected chi connectivity index (χ3v) is 4.95. The van der Waals surface area contributed by atoms with Gasteiger partial charge in [-0.25, -0.2) is 9.59 Å². The van der Waals surface area contributed by atoms with Gasteiger partial charge in [0.25, 0.3) is 0 Å². The summed E-state index contributed by atoms with van der Waals surface area (Å²) in [6.07, 6.45) is 0.249. The van der Waals surface area contributed by atoms with Gasteiger partial charge in [0.15, 0.2) is 5.78 Å². The zero-order chi connectivity index (χ0) is 21.5. The van der Waals surface area contributed by atoms with E-state index in [0.717, 1.165) is 11.1 Å². The van der Waals surface area contributed by atoms with Gasteiger partial charge in [0, 0.05) is 17.9 Å². The zero-order valence-corrected chi connectivity index (χ0v) is 16.8. The van der Waals surface area contributed by atoms with Crippen molar-refractivity contribution in [3.63, 3.8) is 0 Å². The second-order valence-electron chi connectivity index (χ2n) is 6.77. The Bertz CT molecular complexity index is 962. The smallest absolute Gasteiger partial charge is 0.337 e. The molecule has 0 aliphatic carbocycles. The van der Waals surface area contributed by atoms with Gasteiger partial charge in [0.1, 0.15) is 0 Å². The number of benzene rings is 3. The minimum atomic E-state index is -0.416. The molecule has 0 spiro atoms. The lowest BCUT2D eigenvalue weighted by Gasteiger charge is -2.18. The highest BCUT2D eigenvalue weighted by Gasteiger charge is 2.20. The summed E-state index contributed by atoms with van der Waals surface area (Å²) >= 11 is 0. The van der Waals surface area contributed by atoms with E-state index in [4.69, 9.17) is 9.47 Å². The number of carbonyl (C=O) groups is 3. The largest absolute Gasteiger partial charge is 0.465 e. The van der Waals surface area contributed by atoms with Gasteiger partial charge in [0.2, 0.25) is 0 Å². The Morgan fingerprint density at radius 1 is 0.633 bits per heavy atom. The molecule has 3 rings (SSSR count). The van der Waals surface area contributed by atoms with Crippen LogP contribution in [0.3, 0.4) is 0 Å². The fraction of sp³-hybridized carbons (Fsp3) is 0.160. The molecule has 0 aliphatic rings. The van der Waals surface area contributed by atoms with Gasteiger partial charge in [-0.3, -0.25) is 4.79 Å². The van der Waals surface area contributed by atoms with E-state index in [1.165, 1.54) is 14.2 Å². The van der Waals surface area contributed by atoms with Crippen molar-refractivity contribution in [3.8, 4) is 0 Å². The summed E-state index contributed by atoms with van der Waals surface area (Å²) in [4.78, 5) is 36.4. The highest BCUT2D eigenvalue weighted by molar-refractivity contribution is 5.97. The number of ketones is 1. The predicted octanol–water partition coefficient (Wildman–Crippen LogP) is 4.66. The van der Waals surface area contributed by atoms with Crippen molar-refractivity contribution in [2.45, 2.75) is 12.3 Å². The van der Waals surface area contributed by atoms with Crippen molar-refractivity contribution < 1.29 is 23.9 Å². The van der Waals surface area contributed by atoms with Crippen LogP contribution in [0.1, 0.15) is 54.5 Å². The van der Waals surface area contributed by atoms with Crippen molar-refractivity contribution in [2.75, 3.05) is 14.2 Å². The standard InChI is InChI=1S/C25H22O5/c1-29-24(27)20-12-8-17(9-13-20)22(16-23(26)19-6-4-3-5-7-19)18-10-14-21(15-11-18)25(28)30-2/h3-15,22H,16H2,1-2H3. The molecule has 5 heteroatoms. The van der Waals surface area contributed by atoms with Crippen LogP contribution >= 0.6 is 0 Å². The first-order valence-corrected chi connectivity index (χ1v) is 9.48. The number of esters is 2. The summed E-state index contributed by atoms with van der Waals surface area (Å²) in [7, 11) is 2.67. The van der Waals surface area contributed by atoms with Crippen molar-refractivity contribution in [3.05, 3.63) is 107 Å². The molecular weight excluding hydrogens is 380 g/mol. The molecule has 0 heterocycles. The molecule has 0 N–H and O–H groups in total. The van der Waals surface area contributed by atoms with Crippen LogP contribution in [-0.4, -0.2) is 31.9 Å². The maximum Gasteiger partial charge on any atom is 0.337 e. The van der Waals surface area contributed by atoms with E-state index >= 15 is 0 Å². The molecule has 0 atom stereocenters. The lowest BCUT2D eigenvalue weighted by atomic mass is 9.85. The first-order chi connectivity index (χ1) is 14.5. The fourth-order valence-electron chi connectivity index (χ4n) is 3.29. The summed E-state index contributed by atoms with van der Waals surface area (Å²) in [5.41, 5.74) is 3.29. The van der Waals surface area contributed by atoms with Gasteiger partial charge >= 0.3 is 11.9 Å². The second-order valence-corrected chi connectivity index (χ2v) is 6.77. The molecule has 0 aliphatic heterocycles. The molecule has 3 aromatic rings. The molecule has 3 aromatic carbocycles. The molecule has 152 valence electrons. The molecule has 30 heavy (non-hydrogen) atoms. The summed E-state index contributed by atoms with van der Waals surface area (Å²) in [6.45, 7) is 0. The third-order valence-electron chi connectivity index (χ3n) is 4.95. The highest BCUT2D eigenvalue weighted by atomic mass is 16.5. The first kappa shape index (κ1) is 21.0. The molecular formula is C25H22O5. The number of Topliss-reactive ketones (excluding diaryl/α,β-unsaturated/α-hetero) is 1. The minimum absolute atomic E-state index is 0.00897. The maximum absolute atomic E-state index is 12.9. The Balaban J connectivity index is 1.95. The molecule has 0 bridgehead atoms. The molecule has 0 radical (unpaired) electrons. The maximum atomic E-state index is 12.9. The van der Waals surface area contributed by atoms with Gasteiger partial charge in [-0.2, -0.15) is 0 Å². The van der Waals surface area contributed by atoms with Gasteiger partial charge in [-0.15, -0.1) is 0 Å². The summed E-state index contributed by atoms with van der Waals surface area (Å²) in [5, 5.41) is 0. The minimum Gasteiger partial charge on any atom is -0.465 e. The third kappa shape index (κ3) is 4.81. The number of ether oxygens (including phenoxy) is 2. The van der Waals surface area contributed by atoms with Crippen LogP contribution in [0, 0.1) is 0 Å². The molecule has 0 saturated carbocycles. The molecule has 0 fully saturated rings.